The van der Waals surface area contributed by atoms with Crippen molar-refractivity contribution in [3.63, 3.8) is 0 Å². The fraction of sp³-hybridized carbons (Fsp3) is 0.333. The molecule has 0 saturated carbocycles. The number of fused-ring (bicyclic) bond motifs is 1. The maximum Gasteiger partial charge on any atom is 0.316 e. The number of hydrogen-bond donors (Lipinski definition) is 0. The van der Waals surface area contributed by atoms with Crippen LogP contribution in [0.25, 0.3) is 0 Å². The van der Waals surface area contributed by atoms with Crippen molar-refractivity contribution >= 4 is 23.1 Å². The normalized spacial score (nSPS) is 14.2. The lowest BCUT2D eigenvalue weighted by molar-refractivity contribution is 0.288. The average Bonchev–Trinajstić information content (AvgIpc) is 2.05. The molecule has 0 fully saturated rings. The van der Waals surface area contributed by atoms with Crippen molar-refractivity contribution in [3.8, 4) is 5.75 Å². The standard InChI is InChI=1S/C9H10O.Mg.2H/c1-2-6-9-8(4-1)5-3-7-10-9;;;/h1-2,4,6H,3,5,7H2;;;. The molecule has 11 heavy (non-hydrogen) atoms. The molecule has 0 spiro atoms. The Balaban J connectivity index is 0.000000605. The van der Waals surface area contributed by atoms with Crippen molar-refractivity contribution in [1.29, 1.82) is 0 Å². The number of benzene rings is 1. The molecule has 0 atom stereocenters. The second-order valence-corrected chi connectivity index (χ2v) is 2.56. The highest BCUT2D eigenvalue weighted by molar-refractivity contribution is 5.75. The van der Waals surface area contributed by atoms with Gasteiger partial charge in [0.2, 0.25) is 0 Å². The molecule has 1 aliphatic rings. The summed E-state index contributed by atoms with van der Waals surface area (Å²) in [6, 6.07) is 8.25. The van der Waals surface area contributed by atoms with Crippen LogP contribution >= 0.6 is 0 Å². The number of aryl methyl sites for hydroxylation is 1. The van der Waals surface area contributed by atoms with E-state index in [-0.39, 0.29) is 23.1 Å². The van der Waals surface area contributed by atoms with E-state index in [0.717, 1.165) is 18.8 Å². The van der Waals surface area contributed by atoms with Gasteiger partial charge in [-0.15, -0.1) is 0 Å². The van der Waals surface area contributed by atoms with E-state index in [1.54, 1.807) is 0 Å². The summed E-state index contributed by atoms with van der Waals surface area (Å²) in [7, 11) is 0. The Kier molecular flexibility index (Phi) is 3.21. The predicted octanol–water partition coefficient (Wildman–Crippen LogP) is 1.10. The fourth-order valence-corrected chi connectivity index (χ4v) is 1.30. The van der Waals surface area contributed by atoms with Crippen molar-refractivity contribution in [3.05, 3.63) is 29.8 Å². The zero-order chi connectivity index (χ0) is 6.81. The maximum absolute atomic E-state index is 5.42. The van der Waals surface area contributed by atoms with Gasteiger partial charge in [-0.1, -0.05) is 18.2 Å². The topological polar surface area (TPSA) is 9.23 Å². The second-order valence-electron chi connectivity index (χ2n) is 2.56. The third kappa shape index (κ3) is 1.88. The van der Waals surface area contributed by atoms with E-state index >= 15 is 0 Å². The molecule has 56 valence electrons. The summed E-state index contributed by atoms with van der Waals surface area (Å²) in [5.41, 5.74) is 1.36. The molecule has 1 nitrogen and oxygen atoms in total. The quantitative estimate of drug-likeness (QED) is 0.517. The number of para-hydroxylation sites is 1. The van der Waals surface area contributed by atoms with Gasteiger partial charge >= 0.3 is 23.1 Å². The minimum atomic E-state index is 0. The third-order valence-corrected chi connectivity index (χ3v) is 1.82. The van der Waals surface area contributed by atoms with Gasteiger partial charge in [-0.25, -0.2) is 0 Å². The van der Waals surface area contributed by atoms with Crippen LogP contribution < -0.4 is 4.74 Å². The van der Waals surface area contributed by atoms with Gasteiger partial charge in [0.1, 0.15) is 5.75 Å². The molecule has 1 aromatic rings. The molecule has 0 saturated heterocycles. The van der Waals surface area contributed by atoms with E-state index in [4.69, 9.17) is 4.74 Å². The summed E-state index contributed by atoms with van der Waals surface area (Å²) in [6.45, 7) is 0.886. The zero-order valence-electron chi connectivity index (χ0n) is 5.84. The van der Waals surface area contributed by atoms with E-state index in [0.29, 0.717) is 0 Å². The largest absolute Gasteiger partial charge is 0.493 e. The molecule has 1 heterocycles. The van der Waals surface area contributed by atoms with E-state index in [1.807, 2.05) is 12.1 Å². The molecule has 2 rings (SSSR count). The average molecular weight is 160 g/mol. The second kappa shape index (κ2) is 3.97. The summed E-state index contributed by atoms with van der Waals surface area (Å²) in [6.07, 6.45) is 2.34. The summed E-state index contributed by atoms with van der Waals surface area (Å²) in [4.78, 5) is 0. The van der Waals surface area contributed by atoms with Crippen LogP contribution in [0, 0.1) is 0 Å². The summed E-state index contributed by atoms with van der Waals surface area (Å²) >= 11 is 0. The first-order valence-corrected chi connectivity index (χ1v) is 3.67. The predicted molar refractivity (Wildman–Crippen MR) is 48.8 cm³/mol. The molecule has 0 bridgehead atoms. The van der Waals surface area contributed by atoms with Crippen LogP contribution in [0.15, 0.2) is 24.3 Å². The van der Waals surface area contributed by atoms with Gasteiger partial charge in [-0.3, -0.25) is 0 Å². The Morgan fingerprint density at radius 2 is 2.00 bits per heavy atom. The smallest absolute Gasteiger partial charge is 0.316 e. The molecule has 1 aromatic carbocycles. The highest BCUT2D eigenvalue weighted by Gasteiger charge is 2.06. The molecule has 0 amide bonds. The lowest BCUT2D eigenvalue weighted by atomic mass is 10.1. The molecule has 0 aliphatic carbocycles. The third-order valence-electron chi connectivity index (χ3n) is 1.82. The Morgan fingerprint density at radius 3 is 2.82 bits per heavy atom. The molecule has 0 radical (unpaired) electrons. The van der Waals surface area contributed by atoms with Gasteiger partial charge in [-0.05, 0) is 24.5 Å². The van der Waals surface area contributed by atoms with Gasteiger partial charge in [0.25, 0.3) is 0 Å². The molecular weight excluding hydrogens is 148 g/mol. The molecule has 0 N–H and O–H groups in total. The Labute approximate surface area is 82.9 Å². The number of ether oxygens (including phenoxy) is 1. The highest BCUT2D eigenvalue weighted by Crippen LogP contribution is 2.22. The van der Waals surface area contributed by atoms with Crippen LogP contribution in [-0.2, 0) is 6.42 Å². The van der Waals surface area contributed by atoms with E-state index < -0.39 is 0 Å². The van der Waals surface area contributed by atoms with Gasteiger partial charge < -0.3 is 4.74 Å². The first-order valence-electron chi connectivity index (χ1n) is 3.67. The maximum atomic E-state index is 5.42. The molecule has 0 unspecified atom stereocenters. The summed E-state index contributed by atoms with van der Waals surface area (Å²) in [5.74, 6) is 1.08. The molecular formula is C9H12MgO. The van der Waals surface area contributed by atoms with Crippen LogP contribution in [0.5, 0.6) is 5.75 Å². The fourth-order valence-electron chi connectivity index (χ4n) is 1.30. The number of hydrogen-bond acceptors (Lipinski definition) is 1. The van der Waals surface area contributed by atoms with Gasteiger partial charge in [0, 0.05) is 0 Å². The zero-order valence-corrected chi connectivity index (χ0v) is 5.84. The lowest BCUT2D eigenvalue weighted by Gasteiger charge is -2.15. The van der Waals surface area contributed by atoms with Gasteiger partial charge in [0.05, 0.1) is 6.61 Å². The minimum absolute atomic E-state index is 0. The summed E-state index contributed by atoms with van der Waals surface area (Å²) in [5, 5.41) is 0. The minimum Gasteiger partial charge on any atom is -0.493 e. The molecule has 2 heteroatoms. The van der Waals surface area contributed by atoms with Crippen molar-refractivity contribution in [2.24, 2.45) is 0 Å². The monoisotopic (exact) mass is 160 g/mol. The Morgan fingerprint density at radius 1 is 1.18 bits per heavy atom. The van der Waals surface area contributed by atoms with Gasteiger partial charge in [0.15, 0.2) is 0 Å². The van der Waals surface area contributed by atoms with Crippen LogP contribution in [0.2, 0.25) is 0 Å². The van der Waals surface area contributed by atoms with Crippen molar-refractivity contribution < 1.29 is 4.74 Å². The summed E-state index contributed by atoms with van der Waals surface area (Å²) < 4.78 is 5.42. The first-order chi connectivity index (χ1) is 4.97. The van der Waals surface area contributed by atoms with Crippen LogP contribution in [0.3, 0.4) is 0 Å². The van der Waals surface area contributed by atoms with Crippen LogP contribution in [-0.4, -0.2) is 29.7 Å². The van der Waals surface area contributed by atoms with Crippen molar-refractivity contribution in [2.75, 3.05) is 6.61 Å². The molecule has 1 aliphatic heterocycles. The van der Waals surface area contributed by atoms with Crippen molar-refractivity contribution in [2.45, 2.75) is 12.8 Å². The van der Waals surface area contributed by atoms with Gasteiger partial charge in [-0.2, -0.15) is 0 Å². The Bertz CT molecular complexity index is 210. The van der Waals surface area contributed by atoms with E-state index in [2.05, 4.69) is 12.1 Å². The van der Waals surface area contributed by atoms with E-state index in [9.17, 15) is 0 Å². The number of rotatable bonds is 0. The van der Waals surface area contributed by atoms with E-state index in [1.165, 1.54) is 12.0 Å². The SMILES string of the molecule is [MgH2].c1ccc2c(c1)CCCO2. The molecule has 0 aromatic heterocycles. The van der Waals surface area contributed by atoms with Crippen molar-refractivity contribution in [1.82, 2.24) is 0 Å². The van der Waals surface area contributed by atoms with Crippen LogP contribution in [0.1, 0.15) is 12.0 Å². The van der Waals surface area contributed by atoms with Crippen LogP contribution in [0.4, 0.5) is 0 Å². The lowest BCUT2D eigenvalue weighted by Crippen LogP contribution is -2.07. The highest BCUT2D eigenvalue weighted by atomic mass is 24.3. The Hall–Kier alpha value is -0.214. The first kappa shape index (κ1) is 8.88.